The van der Waals surface area contributed by atoms with Crippen molar-refractivity contribution in [3.05, 3.63) is 6.07 Å². The summed E-state index contributed by atoms with van der Waals surface area (Å²) < 4.78 is 0. The third-order valence-electron chi connectivity index (χ3n) is 2.66. The summed E-state index contributed by atoms with van der Waals surface area (Å²) in [5.74, 6) is 1.54. The molecule has 1 rings (SSSR count). The van der Waals surface area contributed by atoms with Crippen LogP contribution in [0.5, 0.6) is 0 Å². The van der Waals surface area contributed by atoms with Gasteiger partial charge in [0.15, 0.2) is 5.16 Å². The summed E-state index contributed by atoms with van der Waals surface area (Å²) in [6.07, 6.45) is 2.64. The molecule has 0 saturated carbocycles. The lowest BCUT2D eigenvalue weighted by molar-refractivity contribution is 0.0696. The number of aliphatic hydroxyl groups is 1. The molecule has 0 aliphatic carbocycles. The summed E-state index contributed by atoms with van der Waals surface area (Å²) in [5, 5.41) is 17.0. The first-order chi connectivity index (χ1) is 8.50. The van der Waals surface area contributed by atoms with E-state index in [9.17, 15) is 5.11 Å². The molecule has 0 amide bonds. The number of aromatic nitrogens is 2. The van der Waals surface area contributed by atoms with E-state index >= 15 is 0 Å². The Hall–Kier alpha value is -1.01. The van der Waals surface area contributed by atoms with Crippen LogP contribution in [0.15, 0.2) is 11.2 Å². The van der Waals surface area contributed by atoms with Crippen LogP contribution in [0.1, 0.15) is 27.2 Å². The summed E-state index contributed by atoms with van der Waals surface area (Å²) in [5.41, 5.74) is -0.719. The fourth-order valence-electron chi connectivity index (χ4n) is 1.28. The Kier molecular flexibility index (Phi) is 5.68. The Morgan fingerprint density at radius 1 is 1.28 bits per heavy atom. The third-order valence-corrected chi connectivity index (χ3v) is 3.21. The lowest BCUT2D eigenvalue weighted by atomic mass is 10.0. The van der Waals surface area contributed by atoms with E-state index in [1.807, 2.05) is 33.1 Å². The maximum absolute atomic E-state index is 9.96. The van der Waals surface area contributed by atoms with E-state index in [2.05, 4.69) is 20.6 Å². The van der Waals surface area contributed by atoms with E-state index < -0.39 is 5.60 Å². The number of hydrogen-bond donors (Lipinski definition) is 3. The van der Waals surface area contributed by atoms with Crippen LogP contribution in [0.25, 0.3) is 0 Å². The smallest absolute Gasteiger partial charge is 0.191 e. The number of hydrogen-bond acceptors (Lipinski definition) is 6. The monoisotopic (exact) mass is 270 g/mol. The largest absolute Gasteiger partial charge is 0.388 e. The highest BCUT2D eigenvalue weighted by Gasteiger charge is 2.17. The summed E-state index contributed by atoms with van der Waals surface area (Å²) in [7, 11) is 0. The van der Waals surface area contributed by atoms with Crippen molar-refractivity contribution in [3.8, 4) is 0 Å². The molecule has 0 fully saturated rings. The van der Waals surface area contributed by atoms with Crippen molar-refractivity contribution in [2.45, 2.75) is 37.9 Å². The van der Waals surface area contributed by atoms with Crippen LogP contribution >= 0.6 is 11.8 Å². The van der Waals surface area contributed by atoms with Crippen molar-refractivity contribution < 1.29 is 5.11 Å². The molecule has 1 unspecified atom stereocenters. The molecule has 0 aliphatic heterocycles. The molecule has 0 spiro atoms. The number of nitrogens with one attached hydrogen (secondary N) is 2. The van der Waals surface area contributed by atoms with Crippen LogP contribution in [0.4, 0.5) is 11.6 Å². The van der Waals surface area contributed by atoms with E-state index in [4.69, 9.17) is 0 Å². The first-order valence-corrected chi connectivity index (χ1v) is 7.36. The Morgan fingerprint density at radius 2 is 1.89 bits per heavy atom. The van der Waals surface area contributed by atoms with Gasteiger partial charge < -0.3 is 15.7 Å². The molecule has 0 aromatic carbocycles. The Balaban J connectivity index is 2.78. The second-order valence-electron chi connectivity index (χ2n) is 4.36. The molecule has 0 saturated heterocycles. The summed E-state index contributed by atoms with van der Waals surface area (Å²) in [6.45, 7) is 7.08. The molecular formula is C12H22N4OS. The van der Waals surface area contributed by atoms with Crippen molar-refractivity contribution in [1.29, 1.82) is 0 Å². The molecule has 1 aromatic heterocycles. The molecule has 5 nitrogen and oxygen atoms in total. The second-order valence-corrected chi connectivity index (χ2v) is 5.13. The Bertz CT molecular complexity index is 384. The zero-order valence-corrected chi connectivity index (χ0v) is 12.3. The highest BCUT2D eigenvalue weighted by molar-refractivity contribution is 7.98. The van der Waals surface area contributed by atoms with E-state index in [0.717, 1.165) is 18.2 Å². The highest BCUT2D eigenvalue weighted by Crippen LogP contribution is 2.18. The number of anilines is 2. The van der Waals surface area contributed by atoms with Gasteiger partial charge in [-0.2, -0.15) is 0 Å². The average molecular weight is 270 g/mol. The van der Waals surface area contributed by atoms with Gasteiger partial charge in [0.25, 0.3) is 0 Å². The van der Waals surface area contributed by atoms with Crippen molar-refractivity contribution >= 4 is 23.4 Å². The van der Waals surface area contributed by atoms with Crippen molar-refractivity contribution in [3.63, 3.8) is 0 Å². The van der Waals surface area contributed by atoms with Gasteiger partial charge in [-0.25, -0.2) is 9.97 Å². The lowest BCUT2D eigenvalue weighted by Crippen LogP contribution is -2.32. The van der Waals surface area contributed by atoms with Gasteiger partial charge in [-0.15, -0.1) is 0 Å². The minimum atomic E-state index is -0.719. The van der Waals surface area contributed by atoms with Gasteiger partial charge in [0.1, 0.15) is 11.6 Å². The quantitative estimate of drug-likeness (QED) is 0.521. The van der Waals surface area contributed by atoms with Gasteiger partial charge in [-0.3, -0.25) is 0 Å². The molecule has 1 heterocycles. The first-order valence-electron chi connectivity index (χ1n) is 6.14. The van der Waals surface area contributed by atoms with E-state index in [1.165, 1.54) is 11.8 Å². The molecular weight excluding hydrogens is 248 g/mol. The maximum Gasteiger partial charge on any atom is 0.191 e. The number of nitrogens with zero attached hydrogens (tertiary/aromatic N) is 2. The van der Waals surface area contributed by atoms with Gasteiger partial charge in [0.05, 0.1) is 5.60 Å². The highest BCUT2D eigenvalue weighted by atomic mass is 32.2. The van der Waals surface area contributed by atoms with Crippen molar-refractivity contribution in [1.82, 2.24) is 9.97 Å². The van der Waals surface area contributed by atoms with Gasteiger partial charge in [-0.05, 0) is 26.5 Å². The van der Waals surface area contributed by atoms with Crippen LogP contribution in [-0.2, 0) is 0 Å². The average Bonchev–Trinajstić information content (AvgIpc) is 2.37. The van der Waals surface area contributed by atoms with Crippen LogP contribution in [-0.4, -0.2) is 40.0 Å². The Morgan fingerprint density at radius 3 is 2.39 bits per heavy atom. The van der Waals surface area contributed by atoms with Gasteiger partial charge in [0, 0.05) is 19.2 Å². The van der Waals surface area contributed by atoms with E-state index in [0.29, 0.717) is 18.1 Å². The lowest BCUT2D eigenvalue weighted by Gasteiger charge is -2.22. The molecule has 1 atom stereocenters. The molecule has 3 N–H and O–H groups in total. The SMILES string of the molecule is CCNc1cc(NCC(C)(O)CC)nc(SC)n1. The molecule has 0 bridgehead atoms. The topological polar surface area (TPSA) is 70.1 Å². The maximum atomic E-state index is 9.96. The molecule has 6 heteroatoms. The fraction of sp³-hybridized carbons (Fsp3) is 0.667. The van der Waals surface area contributed by atoms with E-state index in [1.54, 1.807) is 0 Å². The summed E-state index contributed by atoms with van der Waals surface area (Å²) >= 11 is 1.50. The minimum absolute atomic E-state index is 0.472. The first kappa shape index (κ1) is 15.0. The predicted octanol–water partition coefficient (Wildman–Crippen LogP) is 2.20. The van der Waals surface area contributed by atoms with Crippen molar-refractivity contribution in [2.24, 2.45) is 0 Å². The second kappa shape index (κ2) is 6.80. The predicted molar refractivity (Wildman–Crippen MR) is 77.4 cm³/mol. The molecule has 0 aliphatic rings. The van der Waals surface area contributed by atoms with Gasteiger partial charge in [-0.1, -0.05) is 18.7 Å². The van der Waals surface area contributed by atoms with Crippen LogP contribution < -0.4 is 10.6 Å². The Labute approximate surface area is 113 Å². The van der Waals surface area contributed by atoms with Gasteiger partial charge >= 0.3 is 0 Å². The number of thioether (sulfide) groups is 1. The molecule has 1 aromatic rings. The molecule has 0 radical (unpaired) electrons. The van der Waals surface area contributed by atoms with Crippen LogP contribution in [0.3, 0.4) is 0 Å². The summed E-state index contributed by atoms with van der Waals surface area (Å²) in [4.78, 5) is 8.71. The third kappa shape index (κ3) is 4.70. The molecule has 102 valence electrons. The number of rotatable bonds is 7. The summed E-state index contributed by atoms with van der Waals surface area (Å²) in [6, 6.07) is 1.86. The van der Waals surface area contributed by atoms with E-state index in [-0.39, 0.29) is 0 Å². The molecule has 18 heavy (non-hydrogen) atoms. The standard InChI is InChI=1S/C12H22N4OS/c1-5-12(3,17)8-14-10-7-9(13-6-2)15-11(16-10)18-4/h7,17H,5-6,8H2,1-4H3,(H2,13,14,15,16). The zero-order chi connectivity index (χ0) is 13.6. The minimum Gasteiger partial charge on any atom is -0.388 e. The van der Waals surface area contributed by atoms with Crippen molar-refractivity contribution in [2.75, 3.05) is 30.0 Å². The fourth-order valence-corrected chi connectivity index (χ4v) is 1.66. The van der Waals surface area contributed by atoms with Crippen LogP contribution in [0, 0.1) is 0 Å². The zero-order valence-electron chi connectivity index (χ0n) is 11.4. The van der Waals surface area contributed by atoms with Gasteiger partial charge in [0.2, 0.25) is 0 Å². The van der Waals surface area contributed by atoms with Crippen LogP contribution in [0.2, 0.25) is 0 Å². The normalized spacial score (nSPS) is 14.1.